The van der Waals surface area contributed by atoms with Crippen molar-refractivity contribution in [1.29, 1.82) is 0 Å². The van der Waals surface area contributed by atoms with Gasteiger partial charge < -0.3 is 20.6 Å². The van der Waals surface area contributed by atoms with Gasteiger partial charge in [0.2, 0.25) is 11.8 Å². The van der Waals surface area contributed by atoms with E-state index in [0.29, 0.717) is 31.0 Å². The quantitative estimate of drug-likeness (QED) is 0.335. The molecule has 8 nitrogen and oxygen atoms in total. The Bertz CT molecular complexity index is 1290. The molecule has 8 heteroatoms. The topological polar surface area (TPSA) is 112 Å². The number of carbonyl (C=O) groups is 3. The second-order valence-corrected chi connectivity index (χ2v) is 10.2. The van der Waals surface area contributed by atoms with Crippen LogP contribution >= 0.6 is 0 Å². The number of nitrogens with one attached hydrogen (secondary N) is 2. The fourth-order valence-electron chi connectivity index (χ4n) is 5.21. The number of aromatic nitrogens is 1. The number of hydrogen-bond acceptors (Lipinski definition) is 4. The van der Waals surface area contributed by atoms with E-state index in [1.54, 1.807) is 13.1 Å². The molecule has 0 radical (unpaired) electrons. The maximum Gasteiger partial charge on any atom is 0.404 e. The summed E-state index contributed by atoms with van der Waals surface area (Å²) in [5, 5.41) is 14.2. The Labute approximate surface area is 229 Å². The van der Waals surface area contributed by atoms with Crippen LogP contribution < -0.4 is 10.6 Å². The number of hydrogen-bond donors (Lipinski definition) is 3. The Kier molecular flexibility index (Phi) is 9.31. The van der Waals surface area contributed by atoms with Crippen LogP contribution in [0.4, 0.5) is 10.5 Å². The normalized spacial score (nSPS) is 16.8. The second kappa shape index (κ2) is 13.0. The summed E-state index contributed by atoms with van der Waals surface area (Å²) in [4.78, 5) is 41.8. The fourth-order valence-corrected chi connectivity index (χ4v) is 5.21. The molecule has 3 N–H and O–H groups in total. The number of amides is 3. The molecule has 0 atom stereocenters. The van der Waals surface area contributed by atoms with Crippen LogP contribution in [0.3, 0.4) is 0 Å². The summed E-state index contributed by atoms with van der Waals surface area (Å²) in [7, 11) is 1.86. The summed E-state index contributed by atoms with van der Waals surface area (Å²) in [6.45, 7) is 1.95. The molecule has 1 aliphatic rings. The van der Waals surface area contributed by atoms with Crippen molar-refractivity contribution in [3.8, 4) is 22.4 Å². The maximum atomic E-state index is 12.9. The molecule has 4 rings (SSSR count). The van der Waals surface area contributed by atoms with Crippen molar-refractivity contribution in [2.75, 3.05) is 18.9 Å². The van der Waals surface area contributed by atoms with Gasteiger partial charge in [0.05, 0.1) is 17.6 Å². The second-order valence-electron chi connectivity index (χ2n) is 10.2. The SMILES string of the molecule is CC(=O)N(C)C1CCC(CC(=O)Nc2cnc(-c3ccc(CCNC(=O)O)cc3)c(-c3ccccc3)c2)CC1. The van der Waals surface area contributed by atoms with Gasteiger partial charge in [-0.25, -0.2) is 4.79 Å². The van der Waals surface area contributed by atoms with Crippen molar-refractivity contribution >= 4 is 23.6 Å². The molecule has 0 bridgehead atoms. The fraction of sp³-hybridized carbons (Fsp3) is 0.355. The number of carbonyl (C=O) groups excluding carboxylic acids is 2. The predicted octanol–water partition coefficient (Wildman–Crippen LogP) is 5.59. The first kappa shape index (κ1) is 27.8. The van der Waals surface area contributed by atoms with Crippen LogP contribution in [0, 0.1) is 5.92 Å². The number of nitrogens with zero attached hydrogens (tertiary/aromatic N) is 2. The minimum absolute atomic E-state index is 0.0220. The lowest BCUT2D eigenvalue weighted by Crippen LogP contribution is -2.38. The Morgan fingerprint density at radius 2 is 1.67 bits per heavy atom. The molecule has 1 fully saturated rings. The largest absolute Gasteiger partial charge is 0.465 e. The lowest BCUT2D eigenvalue weighted by atomic mass is 9.83. The molecule has 2 aromatic carbocycles. The minimum atomic E-state index is -1.03. The van der Waals surface area contributed by atoms with Crippen LogP contribution in [-0.2, 0) is 16.0 Å². The minimum Gasteiger partial charge on any atom is -0.465 e. The Morgan fingerprint density at radius 3 is 2.31 bits per heavy atom. The average molecular weight is 529 g/mol. The van der Waals surface area contributed by atoms with Gasteiger partial charge in [-0.2, -0.15) is 0 Å². The molecule has 0 saturated heterocycles. The van der Waals surface area contributed by atoms with E-state index in [0.717, 1.165) is 53.6 Å². The van der Waals surface area contributed by atoms with E-state index in [9.17, 15) is 14.4 Å². The van der Waals surface area contributed by atoms with Crippen molar-refractivity contribution in [1.82, 2.24) is 15.2 Å². The van der Waals surface area contributed by atoms with Crippen LogP contribution in [0.1, 0.15) is 44.6 Å². The molecule has 39 heavy (non-hydrogen) atoms. The van der Waals surface area contributed by atoms with Gasteiger partial charge in [-0.15, -0.1) is 0 Å². The Balaban J connectivity index is 1.45. The van der Waals surface area contributed by atoms with E-state index in [4.69, 9.17) is 10.1 Å². The summed E-state index contributed by atoms with van der Waals surface area (Å²) in [6.07, 6.45) is 5.45. The first-order chi connectivity index (χ1) is 18.8. The zero-order valence-electron chi connectivity index (χ0n) is 22.5. The van der Waals surface area contributed by atoms with E-state index in [-0.39, 0.29) is 17.9 Å². The Morgan fingerprint density at radius 1 is 0.974 bits per heavy atom. The molecule has 1 aliphatic carbocycles. The maximum absolute atomic E-state index is 12.9. The van der Waals surface area contributed by atoms with Gasteiger partial charge in [-0.1, -0.05) is 54.6 Å². The summed E-state index contributed by atoms with van der Waals surface area (Å²) in [6, 6.07) is 20.1. The molecule has 3 amide bonds. The van der Waals surface area contributed by atoms with Crippen molar-refractivity contribution in [2.24, 2.45) is 5.92 Å². The van der Waals surface area contributed by atoms with Gasteiger partial charge in [0.1, 0.15) is 0 Å². The van der Waals surface area contributed by atoms with E-state index < -0.39 is 6.09 Å². The molecule has 1 saturated carbocycles. The van der Waals surface area contributed by atoms with Crippen LogP contribution in [0.25, 0.3) is 22.4 Å². The molecule has 1 aromatic heterocycles. The zero-order valence-corrected chi connectivity index (χ0v) is 22.5. The van der Waals surface area contributed by atoms with Crippen LogP contribution in [0.5, 0.6) is 0 Å². The van der Waals surface area contributed by atoms with Crippen molar-refractivity contribution in [2.45, 2.75) is 51.5 Å². The summed E-state index contributed by atoms with van der Waals surface area (Å²) in [5.74, 6) is 0.378. The first-order valence-electron chi connectivity index (χ1n) is 13.4. The third-order valence-corrected chi connectivity index (χ3v) is 7.51. The molecule has 0 aliphatic heterocycles. The van der Waals surface area contributed by atoms with Crippen molar-refractivity contribution in [3.05, 3.63) is 72.4 Å². The zero-order chi connectivity index (χ0) is 27.8. The highest BCUT2D eigenvalue weighted by Crippen LogP contribution is 2.33. The molecular weight excluding hydrogens is 492 g/mol. The molecule has 1 heterocycles. The average Bonchev–Trinajstić information content (AvgIpc) is 2.93. The van der Waals surface area contributed by atoms with E-state index in [1.807, 2.05) is 72.6 Å². The third kappa shape index (κ3) is 7.66. The van der Waals surface area contributed by atoms with Gasteiger partial charge in [0, 0.05) is 44.1 Å². The van der Waals surface area contributed by atoms with E-state index in [1.165, 1.54) is 0 Å². The van der Waals surface area contributed by atoms with Gasteiger partial charge in [-0.05, 0) is 55.2 Å². The smallest absolute Gasteiger partial charge is 0.404 e. The van der Waals surface area contributed by atoms with Crippen molar-refractivity contribution in [3.63, 3.8) is 0 Å². The van der Waals surface area contributed by atoms with Crippen LogP contribution in [-0.4, -0.2) is 52.5 Å². The number of carboxylic acid groups (broad SMARTS) is 1. The number of rotatable bonds is 9. The highest BCUT2D eigenvalue weighted by Gasteiger charge is 2.26. The van der Waals surface area contributed by atoms with Gasteiger partial charge >= 0.3 is 6.09 Å². The molecule has 3 aromatic rings. The molecule has 0 spiro atoms. The van der Waals surface area contributed by atoms with Crippen molar-refractivity contribution < 1.29 is 19.5 Å². The molecule has 0 unspecified atom stereocenters. The highest BCUT2D eigenvalue weighted by atomic mass is 16.4. The summed E-state index contributed by atoms with van der Waals surface area (Å²) in [5.41, 5.74) is 5.35. The third-order valence-electron chi connectivity index (χ3n) is 7.51. The monoisotopic (exact) mass is 528 g/mol. The Hall–Kier alpha value is -4.20. The standard InChI is InChI=1S/C31H36N4O4/c1-21(36)35(2)27-14-10-23(11-15-27)18-29(37)34-26-19-28(24-6-4-3-5-7-24)30(33-20-26)25-12-8-22(9-13-25)16-17-32-31(38)39/h3-9,12-13,19-20,23,27,32H,10-11,14-18H2,1-2H3,(H,34,37)(H,38,39). The number of pyridine rings is 1. The van der Waals surface area contributed by atoms with Crippen LogP contribution in [0.15, 0.2) is 66.9 Å². The number of anilines is 1. The van der Waals surface area contributed by atoms with E-state index in [2.05, 4.69) is 10.6 Å². The molecule has 204 valence electrons. The van der Waals surface area contributed by atoms with Gasteiger partial charge in [0.25, 0.3) is 0 Å². The summed E-state index contributed by atoms with van der Waals surface area (Å²) < 4.78 is 0. The van der Waals surface area contributed by atoms with Crippen LogP contribution in [0.2, 0.25) is 0 Å². The lowest BCUT2D eigenvalue weighted by Gasteiger charge is -2.34. The lowest BCUT2D eigenvalue weighted by molar-refractivity contribution is -0.130. The van der Waals surface area contributed by atoms with E-state index >= 15 is 0 Å². The predicted molar refractivity (Wildman–Crippen MR) is 152 cm³/mol. The number of benzene rings is 2. The van der Waals surface area contributed by atoms with Gasteiger partial charge in [-0.3, -0.25) is 14.6 Å². The first-order valence-corrected chi connectivity index (χ1v) is 13.4. The highest BCUT2D eigenvalue weighted by molar-refractivity contribution is 5.93. The summed E-state index contributed by atoms with van der Waals surface area (Å²) >= 11 is 0. The molecular formula is C31H36N4O4. The van der Waals surface area contributed by atoms with Gasteiger partial charge in [0.15, 0.2) is 0 Å².